The van der Waals surface area contributed by atoms with E-state index >= 15 is 0 Å². The molecule has 5 nitrogen and oxygen atoms in total. The number of nitrogens with one attached hydrogen (secondary N) is 1. The molecule has 0 radical (unpaired) electrons. The molecular weight excluding hydrogens is 268 g/mol. The van der Waals surface area contributed by atoms with E-state index in [1.54, 1.807) is 17.0 Å². The van der Waals surface area contributed by atoms with Gasteiger partial charge in [-0.1, -0.05) is 23.7 Å². The zero-order valence-electron chi connectivity index (χ0n) is 10.6. The van der Waals surface area contributed by atoms with E-state index in [1.807, 2.05) is 12.1 Å². The van der Waals surface area contributed by atoms with Gasteiger partial charge < -0.3 is 15.0 Å². The van der Waals surface area contributed by atoms with E-state index in [2.05, 4.69) is 5.32 Å². The summed E-state index contributed by atoms with van der Waals surface area (Å²) in [6.45, 7) is 0.425. The smallest absolute Gasteiger partial charge is 0.246 e. The summed E-state index contributed by atoms with van der Waals surface area (Å²) in [7, 11) is 1.45. The molecule has 2 rings (SSSR count). The van der Waals surface area contributed by atoms with Gasteiger partial charge in [0, 0.05) is 20.1 Å². The van der Waals surface area contributed by atoms with Crippen molar-refractivity contribution in [3.05, 3.63) is 29.3 Å². The molecule has 1 heterocycles. The Labute approximate surface area is 116 Å². The predicted molar refractivity (Wildman–Crippen MR) is 72.2 cm³/mol. The first kappa shape index (κ1) is 13.8. The maximum absolute atomic E-state index is 12.0. The van der Waals surface area contributed by atoms with Crippen molar-refractivity contribution >= 4 is 29.1 Å². The first-order valence-corrected chi connectivity index (χ1v) is 6.33. The van der Waals surface area contributed by atoms with Gasteiger partial charge in [0.1, 0.15) is 6.61 Å². The highest BCUT2D eigenvalue weighted by Crippen LogP contribution is 2.28. The number of hydrogen-bond acceptors (Lipinski definition) is 3. The number of anilines is 1. The Morgan fingerprint density at radius 2 is 2.26 bits per heavy atom. The van der Waals surface area contributed by atoms with Crippen LogP contribution >= 0.6 is 11.6 Å². The fraction of sp³-hybridized carbons (Fsp3) is 0.385. The quantitative estimate of drug-likeness (QED) is 0.903. The number of para-hydroxylation sites is 1. The molecule has 0 aromatic heterocycles. The topological polar surface area (TPSA) is 58.6 Å². The number of amides is 2. The first-order chi connectivity index (χ1) is 9.11. The zero-order chi connectivity index (χ0) is 13.8. The van der Waals surface area contributed by atoms with E-state index in [0.29, 0.717) is 17.3 Å². The molecule has 1 aliphatic heterocycles. The van der Waals surface area contributed by atoms with Crippen LogP contribution in [0.2, 0.25) is 5.02 Å². The van der Waals surface area contributed by atoms with Crippen molar-refractivity contribution in [2.75, 3.05) is 25.2 Å². The van der Waals surface area contributed by atoms with Gasteiger partial charge in [0.2, 0.25) is 11.8 Å². The Morgan fingerprint density at radius 3 is 2.95 bits per heavy atom. The minimum Gasteiger partial charge on any atom is -0.375 e. The molecule has 1 aliphatic rings. The lowest BCUT2D eigenvalue weighted by Gasteiger charge is -2.18. The maximum Gasteiger partial charge on any atom is 0.246 e. The average Bonchev–Trinajstić information content (AvgIpc) is 2.71. The third-order valence-corrected chi connectivity index (χ3v) is 3.23. The van der Waals surface area contributed by atoms with Crippen LogP contribution in [0.5, 0.6) is 0 Å². The minimum atomic E-state index is -0.221. The fourth-order valence-electron chi connectivity index (χ4n) is 2.11. The largest absolute Gasteiger partial charge is 0.375 e. The number of benzene rings is 1. The summed E-state index contributed by atoms with van der Waals surface area (Å²) < 4.78 is 4.74. The summed E-state index contributed by atoms with van der Waals surface area (Å²) in [6, 6.07) is 6.96. The molecule has 1 aromatic rings. The minimum absolute atomic E-state index is 0.00319. The zero-order valence-corrected chi connectivity index (χ0v) is 11.3. The summed E-state index contributed by atoms with van der Waals surface area (Å²) in [5, 5.41) is 3.29. The van der Waals surface area contributed by atoms with Gasteiger partial charge in [-0.05, 0) is 12.1 Å². The number of carbonyl (C=O) groups is 2. The Hall–Kier alpha value is -1.59. The second-order valence-electron chi connectivity index (χ2n) is 4.36. The molecule has 1 fully saturated rings. The van der Waals surface area contributed by atoms with Gasteiger partial charge in [0.05, 0.1) is 16.8 Å². The van der Waals surface area contributed by atoms with Crippen LogP contribution in [-0.4, -0.2) is 38.1 Å². The van der Waals surface area contributed by atoms with Gasteiger partial charge in [-0.3, -0.25) is 9.59 Å². The summed E-state index contributed by atoms with van der Waals surface area (Å²) in [4.78, 5) is 25.0. The monoisotopic (exact) mass is 282 g/mol. The van der Waals surface area contributed by atoms with Crippen LogP contribution in [0, 0.1) is 0 Å². The van der Waals surface area contributed by atoms with Crippen molar-refractivity contribution < 1.29 is 14.3 Å². The number of halogens is 1. The van der Waals surface area contributed by atoms with Crippen LogP contribution in [0.3, 0.4) is 0 Å². The molecule has 2 amide bonds. The molecule has 0 aliphatic carbocycles. The number of hydrogen-bond donors (Lipinski definition) is 1. The summed E-state index contributed by atoms with van der Waals surface area (Å²) >= 11 is 6.07. The van der Waals surface area contributed by atoms with E-state index in [-0.39, 0.29) is 30.9 Å². The molecule has 102 valence electrons. The molecule has 1 N–H and O–H groups in total. The molecule has 0 unspecified atom stereocenters. The van der Waals surface area contributed by atoms with Crippen LogP contribution in [0.15, 0.2) is 24.3 Å². The van der Waals surface area contributed by atoms with E-state index in [1.165, 1.54) is 7.11 Å². The third-order valence-electron chi connectivity index (χ3n) is 2.91. The number of ether oxygens (including phenoxy) is 1. The number of carbonyl (C=O) groups excluding carboxylic acids is 2. The van der Waals surface area contributed by atoms with E-state index < -0.39 is 0 Å². The van der Waals surface area contributed by atoms with Crippen molar-refractivity contribution in [1.82, 2.24) is 5.32 Å². The van der Waals surface area contributed by atoms with E-state index in [0.717, 1.165) is 0 Å². The van der Waals surface area contributed by atoms with Crippen molar-refractivity contribution in [2.24, 2.45) is 0 Å². The van der Waals surface area contributed by atoms with Crippen LogP contribution < -0.4 is 10.2 Å². The molecular formula is C13H15ClN2O3. The van der Waals surface area contributed by atoms with Crippen LogP contribution in [0.1, 0.15) is 6.42 Å². The highest BCUT2D eigenvalue weighted by molar-refractivity contribution is 6.33. The predicted octanol–water partition coefficient (Wildman–Crippen LogP) is 1.21. The molecule has 19 heavy (non-hydrogen) atoms. The summed E-state index contributed by atoms with van der Waals surface area (Å²) in [5.74, 6) is -0.267. The molecule has 1 saturated heterocycles. The second-order valence-corrected chi connectivity index (χ2v) is 4.76. The highest BCUT2D eigenvalue weighted by atomic mass is 35.5. The Kier molecular flexibility index (Phi) is 4.39. The normalized spacial score (nSPS) is 18.7. The van der Waals surface area contributed by atoms with Crippen molar-refractivity contribution in [2.45, 2.75) is 12.5 Å². The van der Waals surface area contributed by atoms with Crippen LogP contribution in [-0.2, 0) is 14.3 Å². The number of rotatable bonds is 4. The van der Waals surface area contributed by atoms with E-state index in [4.69, 9.17) is 16.3 Å². The maximum atomic E-state index is 12.0. The average molecular weight is 283 g/mol. The highest BCUT2D eigenvalue weighted by Gasteiger charge is 2.32. The van der Waals surface area contributed by atoms with Crippen LogP contribution in [0.4, 0.5) is 5.69 Å². The van der Waals surface area contributed by atoms with Gasteiger partial charge in [-0.15, -0.1) is 0 Å². The van der Waals surface area contributed by atoms with Gasteiger partial charge in [-0.2, -0.15) is 0 Å². The third kappa shape index (κ3) is 3.24. The Bertz CT molecular complexity index is 493. The van der Waals surface area contributed by atoms with E-state index in [9.17, 15) is 9.59 Å². The van der Waals surface area contributed by atoms with Crippen molar-refractivity contribution in [3.63, 3.8) is 0 Å². The van der Waals surface area contributed by atoms with Crippen LogP contribution in [0.25, 0.3) is 0 Å². The molecule has 6 heteroatoms. The van der Waals surface area contributed by atoms with Gasteiger partial charge >= 0.3 is 0 Å². The fourth-order valence-corrected chi connectivity index (χ4v) is 2.35. The molecule has 0 bridgehead atoms. The van der Waals surface area contributed by atoms with Crippen molar-refractivity contribution in [3.8, 4) is 0 Å². The summed E-state index contributed by atoms with van der Waals surface area (Å²) in [6.07, 6.45) is 0.278. The Balaban J connectivity index is 2.04. The summed E-state index contributed by atoms with van der Waals surface area (Å²) in [5.41, 5.74) is 0.678. The van der Waals surface area contributed by atoms with Gasteiger partial charge in [-0.25, -0.2) is 0 Å². The lowest BCUT2D eigenvalue weighted by Crippen LogP contribution is -2.39. The molecule has 0 spiro atoms. The standard InChI is InChI=1S/C13H15ClN2O3/c1-19-8-12(17)15-9-6-13(18)16(7-9)11-5-3-2-4-10(11)14/h2-5,9H,6-8H2,1H3,(H,15,17)/t9-/m0/s1. The first-order valence-electron chi connectivity index (χ1n) is 5.95. The lowest BCUT2D eigenvalue weighted by atomic mass is 10.2. The SMILES string of the molecule is COCC(=O)N[C@H]1CC(=O)N(c2ccccc2Cl)C1. The van der Waals surface area contributed by atoms with Gasteiger partial charge in [0.25, 0.3) is 0 Å². The molecule has 1 atom stereocenters. The van der Waals surface area contributed by atoms with Crippen molar-refractivity contribution in [1.29, 1.82) is 0 Å². The molecule has 1 aromatic carbocycles. The molecule has 0 saturated carbocycles. The number of nitrogens with zero attached hydrogens (tertiary/aromatic N) is 1. The lowest BCUT2D eigenvalue weighted by molar-refractivity contribution is -0.125. The Morgan fingerprint density at radius 1 is 1.53 bits per heavy atom. The van der Waals surface area contributed by atoms with Gasteiger partial charge in [0.15, 0.2) is 0 Å². The second kappa shape index (κ2) is 6.04. The number of methoxy groups -OCH3 is 1.